The van der Waals surface area contributed by atoms with Crippen LogP contribution in [0.1, 0.15) is 37.7 Å². The van der Waals surface area contributed by atoms with Crippen LogP contribution in [0.2, 0.25) is 0 Å². The van der Waals surface area contributed by atoms with Crippen molar-refractivity contribution in [2.24, 2.45) is 5.41 Å². The van der Waals surface area contributed by atoms with Crippen molar-refractivity contribution in [1.29, 1.82) is 0 Å². The first kappa shape index (κ1) is 16.2. The fourth-order valence-electron chi connectivity index (χ4n) is 4.00. The van der Waals surface area contributed by atoms with Gasteiger partial charge in [-0.05, 0) is 50.3 Å². The average Bonchev–Trinajstić information content (AvgIpc) is 2.56. The predicted molar refractivity (Wildman–Crippen MR) is 90.4 cm³/mol. The average molecular weight is 317 g/mol. The Morgan fingerprint density at radius 3 is 3.00 bits per heavy atom. The Bertz CT molecular complexity index is 563. The topological polar surface area (TPSA) is 56.7 Å². The van der Waals surface area contributed by atoms with E-state index in [1.165, 1.54) is 12.0 Å². The zero-order valence-electron chi connectivity index (χ0n) is 14.0. The van der Waals surface area contributed by atoms with Crippen LogP contribution in [0.25, 0.3) is 0 Å². The number of carbonyl (C=O) groups is 1. The number of carbonyl (C=O) groups excluding carboxylic acids is 1. The second-order valence-electron chi connectivity index (χ2n) is 7.11. The van der Waals surface area contributed by atoms with Crippen LogP contribution in [-0.4, -0.2) is 53.7 Å². The lowest BCUT2D eigenvalue weighted by molar-refractivity contribution is -0.138. The van der Waals surface area contributed by atoms with Gasteiger partial charge in [0.15, 0.2) is 0 Å². The van der Waals surface area contributed by atoms with E-state index in [9.17, 15) is 4.79 Å². The lowest BCUT2D eigenvalue weighted by Gasteiger charge is -2.48. The minimum Gasteiger partial charge on any atom is -0.396 e. The van der Waals surface area contributed by atoms with Crippen molar-refractivity contribution in [3.8, 4) is 0 Å². The van der Waals surface area contributed by atoms with Crippen LogP contribution < -0.4 is 4.90 Å². The highest BCUT2D eigenvalue weighted by Crippen LogP contribution is 2.39. The SMILES string of the molecule is Cc1ccnc(N2CCCC3(CCC(=O)N(CCCO)C3)C2)c1. The number of hydrogen-bond donors (Lipinski definition) is 1. The lowest BCUT2D eigenvalue weighted by atomic mass is 9.73. The highest BCUT2D eigenvalue weighted by Gasteiger charge is 2.41. The molecule has 2 fully saturated rings. The smallest absolute Gasteiger partial charge is 0.222 e. The third kappa shape index (κ3) is 3.66. The highest BCUT2D eigenvalue weighted by molar-refractivity contribution is 5.77. The number of aliphatic hydroxyl groups is 1. The third-order valence-corrected chi connectivity index (χ3v) is 5.22. The van der Waals surface area contributed by atoms with Gasteiger partial charge in [0.05, 0.1) is 0 Å². The Hall–Kier alpha value is -1.62. The van der Waals surface area contributed by atoms with Crippen molar-refractivity contribution in [3.63, 3.8) is 0 Å². The monoisotopic (exact) mass is 317 g/mol. The van der Waals surface area contributed by atoms with Crippen molar-refractivity contribution in [2.45, 2.75) is 39.0 Å². The van der Waals surface area contributed by atoms with Gasteiger partial charge in [-0.2, -0.15) is 0 Å². The highest BCUT2D eigenvalue weighted by atomic mass is 16.3. The van der Waals surface area contributed by atoms with Gasteiger partial charge in [-0.3, -0.25) is 4.79 Å². The van der Waals surface area contributed by atoms with Gasteiger partial charge in [0.25, 0.3) is 0 Å². The summed E-state index contributed by atoms with van der Waals surface area (Å²) < 4.78 is 0. The number of pyridine rings is 1. The van der Waals surface area contributed by atoms with E-state index in [4.69, 9.17) is 5.11 Å². The van der Waals surface area contributed by atoms with Crippen LogP contribution >= 0.6 is 0 Å². The molecule has 0 saturated carbocycles. The van der Waals surface area contributed by atoms with Gasteiger partial charge in [0.2, 0.25) is 5.91 Å². The molecule has 23 heavy (non-hydrogen) atoms. The second-order valence-corrected chi connectivity index (χ2v) is 7.11. The van der Waals surface area contributed by atoms with Crippen LogP contribution in [0.4, 0.5) is 5.82 Å². The molecule has 1 atom stereocenters. The van der Waals surface area contributed by atoms with Gasteiger partial charge in [-0.1, -0.05) is 0 Å². The molecule has 5 nitrogen and oxygen atoms in total. The molecular formula is C18H27N3O2. The van der Waals surface area contributed by atoms with E-state index in [2.05, 4.69) is 22.9 Å². The van der Waals surface area contributed by atoms with E-state index < -0.39 is 0 Å². The molecule has 1 N–H and O–H groups in total. The summed E-state index contributed by atoms with van der Waals surface area (Å²) in [5.74, 6) is 1.30. The number of aryl methyl sites for hydroxylation is 1. The van der Waals surface area contributed by atoms with Crippen LogP contribution in [0.15, 0.2) is 18.3 Å². The van der Waals surface area contributed by atoms with Crippen molar-refractivity contribution in [3.05, 3.63) is 23.9 Å². The number of amides is 1. The molecule has 1 amide bonds. The first-order chi connectivity index (χ1) is 11.1. The first-order valence-electron chi connectivity index (χ1n) is 8.68. The summed E-state index contributed by atoms with van der Waals surface area (Å²) >= 11 is 0. The van der Waals surface area contributed by atoms with E-state index in [1.54, 1.807) is 0 Å². The van der Waals surface area contributed by atoms with Gasteiger partial charge in [-0.15, -0.1) is 0 Å². The van der Waals surface area contributed by atoms with Crippen molar-refractivity contribution in [2.75, 3.05) is 37.7 Å². The second kappa shape index (κ2) is 6.87. The summed E-state index contributed by atoms with van der Waals surface area (Å²) in [5.41, 5.74) is 1.42. The number of hydrogen-bond acceptors (Lipinski definition) is 4. The summed E-state index contributed by atoms with van der Waals surface area (Å²) in [5, 5.41) is 9.05. The molecule has 5 heteroatoms. The predicted octanol–water partition coefficient (Wildman–Crippen LogP) is 1.98. The summed E-state index contributed by atoms with van der Waals surface area (Å²) in [7, 11) is 0. The maximum Gasteiger partial charge on any atom is 0.222 e. The molecule has 2 aliphatic heterocycles. The van der Waals surface area contributed by atoms with E-state index in [-0.39, 0.29) is 17.9 Å². The molecule has 3 heterocycles. The summed E-state index contributed by atoms with van der Waals surface area (Å²) in [6, 6.07) is 4.18. The number of aliphatic hydroxyl groups excluding tert-OH is 1. The molecular weight excluding hydrogens is 290 g/mol. The minimum atomic E-state index is 0.149. The molecule has 1 spiro atoms. The molecule has 0 bridgehead atoms. The van der Waals surface area contributed by atoms with Crippen molar-refractivity contribution < 1.29 is 9.90 Å². The number of piperidine rings is 2. The lowest BCUT2D eigenvalue weighted by Crippen LogP contribution is -2.54. The molecule has 0 aliphatic carbocycles. The molecule has 0 radical (unpaired) electrons. The normalized spacial score (nSPS) is 25.2. The van der Waals surface area contributed by atoms with Gasteiger partial charge in [0, 0.05) is 50.8 Å². The Kier molecular flexibility index (Phi) is 4.85. The van der Waals surface area contributed by atoms with Gasteiger partial charge in [0.1, 0.15) is 5.82 Å². The van der Waals surface area contributed by atoms with Crippen LogP contribution in [-0.2, 0) is 4.79 Å². The van der Waals surface area contributed by atoms with E-state index in [0.717, 1.165) is 38.3 Å². The molecule has 1 aromatic rings. The number of anilines is 1. The molecule has 1 unspecified atom stereocenters. The third-order valence-electron chi connectivity index (χ3n) is 5.22. The molecule has 2 saturated heterocycles. The molecule has 126 valence electrons. The van der Waals surface area contributed by atoms with Gasteiger partial charge >= 0.3 is 0 Å². The summed E-state index contributed by atoms with van der Waals surface area (Å²) in [6.45, 7) is 5.78. The van der Waals surface area contributed by atoms with Crippen molar-refractivity contribution >= 4 is 11.7 Å². The minimum absolute atomic E-state index is 0.149. The number of aromatic nitrogens is 1. The standard InChI is InChI=1S/C18H27N3O2/c1-15-5-8-19-16(12-15)20-9-2-6-18(13-20)7-4-17(23)21(14-18)10-3-11-22/h5,8,12,22H,2-4,6-7,9-11,13-14H2,1H3. The van der Waals surface area contributed by atoms with Crippen LogP contribution in [0.3, 0.4) is 0 Å². The fraction of sp³-hybridized carbons (Fsp3) is 0.667. The zero-order chi connectivity index (χ0) is 16.3. The van der Waals surface area contributed by atoms with Gasteiger partial charge < -0.3 is 14.9 Å². The van der Waals surface area contributed by atoms with Gasteiger partial charge in [-0.25, -0.2) is 4.98 Å². The number of nitrogens with zero attached hydrogens (tertiary/aromatic N) is 3. The van der Waals surface area contributed by atoms with E-state index in [1.807, 2.05) is 17.2 Å². The molecule has 2 aliphatic rings. The Morgan fingerprint density at radius 1 is 1.35 bits per heavy atom. The zero-order valence-corrected chi connectivity index (χ0v) is 14.0. The molecule has 1 aromatic heterocycles. The maximum absolute atomic E-state index is 12.1. The van der Waals surface area contributed by atoms with Crippen LogP contribution in [0, 0.1) is 12.3 Å². The number of likely N-dealkylation sites (tertiary alicyclic amines) is 1. The summed E-state index contributed by atoms with van der Waals surface area (Å²) in [6.07, 6.45) is 6.50. The first-order valence-corrected chi connectivity index (χ1v) is 8.68. The van der Waals surface area contributed by atoms with E-state index in [0.29, 0.717) is 19.4 Å². The largest absolute Gasteiger partial charge is 0.396 e. The quantitative estimate of drug-likeness (QED) is 0.922. The number of rotatable bonds is 4. The molecule has 0 aromatic carbocycles. The summed E-state index contributed by atoms with van der Waals surface area (Å²) in [4.78, 5) is 21.0. The van der Waals surface area contributed by atoms with E-state index >= 15 is 0 Å². The Labute approximate surface area is 138 Å². The molecule has 3 rings (SSSR count). The Balaban J connectivity index is 1.72. The maximum atomic E-state index is 12.1. The fourth-order valence-corrected chi connectivity index (χ4v) is 4.00. The van der Waals surface area contributed by atoms with Crippen LogP contribution in [0.5, 0.6) is 0 Å². The Morgan fingerprint density at radius 2 is 2.22 bits per heavy atom. The van der Waals surface area contributed by atoms with Crippen molar-refractivity contribution in [1.82, 2.24) is 9.88 Å².